The normalized spacial score (nSPS) is 15.5. The molecule has 2 unspecified atom stereocenters. The van der Waals surface area contributed by atoms with E-state index in [2.05, 4.69) is 0 Å². The summed E-state index contributed by atoms with van der Waals surface area (Å²) >= 11 is -7.87. The van der Waals surface area contributed by atoms with Crippen molar-refractivity contribution in [2.45, 2.75) is 11.0 Å². The van der Waals surface area contributed by atoms with Gasteiger partial charge in [-0.25, -0.2) is 0 Å². The van der Waals surface area contributed by atoms with Gasteiger partial charge in [0.15, 0.2) is 0 Å². The topological polar surface area (TPSA) is 80.3 Å². The monoisotopic (exact) mass is 290 g/mol. The van der Waals surface area contributed by atoms with Crippen molar-refractivity contribution in [3.63, 3.8) is 0 Å². The van der Waals surface area contributed by atoms with Gasteiger partial charge in [-0.3, -0.25) is 8.42 Å². The van der Waals surface area contributed by atoms with Crippen molar-refractivity contribution >= 4 is 45.2 Å². The smallest absolute Gasteiger partial charge is 0.766 e. The first-order valence-electron chi connectivity index (χ1n) is 2.21. The van der Waals surface area contributed by atoms with E-state index in [9.17, 15) is 26.3 Å². The molecule has 13 heteroatoms. The van der Waals surface area contributed by atoms with Gasteiger partial charge in [-0.15, -0.1) is 0 Å². The van der Waals surface area contributed by atoms with Gasteiger partial charge in [0.05, 0.1) is 22.2 Å². The molecule has 0 fully saturated rings. The standard InChI is InChI=1S/2CHF3O2S.Mg/c2*2-1(3,4)7(5)6;/h2*(H,5,6);/q;;+2/p-2. The van der Waals surface area contributed by atoms with E-state index in [-0.39, 0.29) is 23.1 Å². The van der Waals surface area contributed by atoms with Crippen molar-refractivity contribution in [2.75, 3.05) is 0 Å². The number of alkyl halides is 6. The average Bonchev–Trinajstić information content (AvgIpc) is 1.83. The Kier molecular flexibility index (Phi) is 10.8. The Hall–Kier alpha value is 0.566. The molecule has 0 radical (unpaired) electrons. The van der Waals surface area contributed by atoms with Gasteiger partial charge in [-0.05, 0) is 0 Å². The fourth-order valence-corrected chi connectivity index (χ4v) is 0. The summed E-state index contributed by atoms with van der Waals surface area (Å²) in [4.78, 5) is 0. The summed E-state index contributed by atoms with van der Waals surface area (Å²) in [6.07, 6.45) is 0. The summed E-state index contributed by atoms with van der Waals surface area (Å²) in [5, 5.41) is 0. The quantitative estimate of drug-likeness (QED) is 0.367. The summed E-state index contributed by atoms with van der Waals surface area (Å²) < 4.78 is 99.0. The molecule has 0 aromatic heterocycles. The van der Waals surface area contributed by atoms with Crippen LogP contribution in [0.25, 0.3) is 0 Å². The first-order valence-corrected chi connectivity index (χ1v) is 4.36. The van der Waals surface area contributed by atoms with Crippen LogP contribution in [-0.2, 0) is 22.2 Å². The fraction of sp³-hybridized carbons (Fsp3) is 1.00. The zero-order valence-electron chi connectivity index (χ0n) is 6.42. The maximum atomic E-state index is 10.6. The molecule has 0 spiro atoms. The van der Waals surface area contributed by atoms with Gasteiger partial charge in [0.25, 0.3) is 0 Å². The molecule has 88 valence electrons. The van der Waals surface area contributed by atoms with E-state index >= 15 is 0 Å². The van der Waals surface area contributed by atoms with Crippen molar-refractivity contribution in [1.82, 2.24) is 0 Å². The van der Waals surface area contributed by atoms with Crippen LogP contribution < -0.4 is 0 Å². The summed E-state index contributed by atoms with van der Waals surface area (Å²) in [5.74, 6) is 0. The molecule has 0 aliphatic heterocycles. The van der Waals surface area contributed by atoms with Gasteiger partial charge in [0, 0.05) is 0 Å². The molecule has 2 atom stereocenters. The molecule has 0 saturated carbocycles. The average molecular weight is 290 g/mol. The second-order valence-corrected chi connectivity index (χ2v) is 3.23. The van der Waals surface area contributed by atoms with Crippen molar-refractivity contribution in [3.05, 3.63) is 0 Å². The van der Waals surface area contributed by atoms with Crippen molar-refractivity contribution in [3.8, 4) is 0 Å². The third-order valence-corrected chi connectivity index (χ3v) is 1.13. The Morgan fingerprint density at radius 2 is 0.800 bits per heavy atom. The molecular formula is C2F6MgO4S2. The molecule has 15 heavy (non-hydrogen) atoms. The van der Waals surface area contributed by atoms with E-state index in [1.807, 2.05) is 0 Å². The molecule has 4 nitrogen and oxygen atoms in total. The summed E-state index contributed by atoms with van der Waals surface area (Å²) in [6.45, 7) is 0. The van der Waals surface area contributed by atoms with Crippen LogP contribution in [0.5, 0.6) is 0 Å². The van der Waals surface area contributed by atoms with E-state index in [4.69, 9.17) is 17.5 Å². The van der Waals surface area contributed by atoms with E-state index in [0.717, 1.165) is 0 Å². The Labute approximate surface area is 100 Å². The molecule has 0 aliphatic rings. The minimum absolute atomic E-state index is 0. The predicted molar refractivity (Wildman–Crippen MR) is 35.7 cm³/mol. The maximum Gasteiger partial charge on any atom is 2.00 e. The molecule has 0 rings (SSSR count). The Morgan fingerprint density at radius 3 is 0.800 bits per heavy atom. The van der Waals surface area contributed by atoms with Crippen LogP contribution in [-0.4, -0.2) is 51.6 Å². The summed E-state index contributed by atoms with van der Waals surface area (Å²) in [6, 6.07) is 0. The molecule has 0 aromatic rings. The van der Waals surface area contributed by atoms with Crippen LogP contribution in [0, 0.1) is 0 Å². The van der Waals surface area contributed by atoms with E-state index in [1.54, 1.807) is 0 Å². The van der Waals surface area contributed by atoms with E-state index in [0.29, 0.717) is 0 Å². The number of rotatable bonds is 0. The predicted octanol–water partition coefficient (Wildman–Crippen LogP) is 0.390. The molecule has 0 amide bonds. The maximum absolute atomic E-state index is 10.6. The van der Waals surface area contributed by atoms with Gasteiger partial charge in [-0.1, -0.05) is 0 Å². The molecule has 0 N–H and O–H groups in total. The number of hydrogen-bond donors (Lipinski definition) is 0. The fourth-order valence-electron chi connectivity index (χ4n) is 0. The van der Waals surface area contributed by atoms with Crippen LogP contribution in [0.2, 0.25) is 0 Å². The number of halogens is 6. The van der Waals surface area contributed by atoms with Crippen LogP contribution in [0.15, 0.2) is 0 Å². The zero-order valence-corrected chi connectivity index (χ0v) is 9.47. The summed E-state index contributed by atoms with van der Waals surface area (Å²) in [5.41, 5.74) is -10.2. The van der Waals surface area contributed by atoms with Crippen molar-refractivity contribution in [2.24, 2.45) is 0 Å². The molecule has 0 aliphatic carbocycles. The largest absolute Gasteiger partial charge is 2.00 e. The molecule has 0 bridgehead atoms. The van der Waals surface area contributed by atoms with Crippen LogP contribution in [0.1, 0.15) is 0 Å². The molecule has 0 heterocycles. The van der Waals surface area contributed by atoms with Gasteiger partial charge >= 0.3 is 34.1 Å². The van der Waals surface area contributed by atoms with Crippen LogP contribution in [0.3, 0.4) is 0 Å². The summed E-state index contributed by atoms with van der Waals surface area (Å²) in [7, 11) is 0. The van der Waals surface area contributed by atoms with Gasteiger partial charge in [0.1, 0.15) is 0 Å². The Morgan fingerprint density at radius 1 is 0.733 bits per heavy atom. The second kappa shape index (κ2) is 7.78. The minimum Gasteiger partial charge on any atom is -0.766 e. The van der Waals surface area contributed by atoms with Crippen LogP contribution >= 0.6 is 0 Å². The van der Waals surface area contributed by atoms with Gasteiger partial charge in [-0.2, -0.15) is 26.3 Å². The minimum atomic E-state index is -5.08. The van der Waals surface area contributed by atoms with E-state index in [1.165, 1.54) is 0 Å². The Bertz CT molecular complexity index is 200. The molecule has 0 aromatic carbocycles. The van der Waals surface area contributed by atoms with Crippen molar-refractivity contribution in [1.29, 1.82) is 0 Å². The van der Waals surface area contributed by atoms with Gasteiger partial charge < -0.3 is 9.11 Å². The third kappa shape index (κ3) is 14.6. The number of hydrogen-bond acceptors (Lipinski definition) is 4. The van der Waals surface area contributed by atoms with Crippen molar-refractivity contribution < 1.29 is 43.9 Å². The molecular weight excluding hydrogens is 290 g/mol. The first kappa shape index (κ1) is 20.9. The second-order valence-electron chi connectivity index (χ2n) is 1.36. The van der Waals surface area contributed by atoms with Gasteiger partial charge in [0.2, 0.25) is 0 Å². The van der Waals surface area contributed by atoms with Crippen LogP contribution in [0.4, 0.5) is 26.3 Å². The van der Waals surface area contributed by atoms with E-state index < -0.39 is 33.2 Å². The zero-order chi connectivity index (χ0) is 12.2. The Balaban J connectivity index is -0.000000180. The first-order chi connectivity index (χ1) is 5.89. The molecule has 0 saturated heterocycles. The third-order valence-electron chi connectivity index (χ3n) is 0.378. The SMILES string of the molecule is O=S([O-])C(F)(F)F.O=S([O-])C(F)(F)F.[Mg+2].